The van der Waals surface area contributed by atoms with Crippen LogP contribution in [0.4, 0.5) is 11.4 Å². The van der Waals surface area contributed by atoms with Gasteiger partial charge in [-0.25, -0.2) is 0 Å². The van der Waals surface area contributed by atoms with Crippen molar-refractivity contribution in [2.45, 2.75) is 38.6 Å². The van der Waals surface area contributed by atoms with Crippen molar-refractivity contribution in [3.63, 3.8) is 0 Å². The van der Waals surface area contributed by atoms with E-state index in [1.165, 1.54) is 0 Å². The number of rotatable bonds is 1. The fourth-order valence-electron chi connectivity index (χ4n) is 3.14. The predicted molar refractivity (Wildman–Crippen MR) is 78.5 cm³/mol. The van der Waals surface area contributed by atoms with Gasteiger partial charge in [0.05, 0.1) is 0 Å². The maximum Gasteiger partial charge on any atom is 0.0370 e. The molecule has 2 rings (SSSR count). The van der Waals surface area contributed by atoms with Crippen LogP contribution in [0.15, 0.2) is 18.2 Å². The van der Waals surface area contributed by atoms with Crippen LogP contribution < -0.4 is 11.5 Å². The van der Waals surface area contributed by atoms with Crippen LogP contribution in [0.5, 0.6) is 0 Å². The SMILES string of the molecule is CC1C(c2c(N)cccc2N)CCN(C)C1(C)C. The zero-order valence-corrected chi connectivity index (χ0v) is 11.9. The molecule has 0 spiro atoms. The Balaban J connectivity index is 2.40. The van der Waals surface area contributed by atoms with E-state index in [0.717, 1.165) is 29.9 Å². The monoisotopic (exact) mass is 247 g/mol. The van der Waals surface area contributed by atoms with Crippen LogP contribution in [-0.2, 0) is 0 Å². The fraction of sp³-hybridized carbons (Fsp3) is 0.600. The maximum absolute atomic E-state index is 6.14. The molecule has 1 aliphatic heterocycles. The summed E-state index contributed by atoms with van der Waals surface area (Å²) in [5.41, 5.74) is 15.3. The smallest absolute Gasteiger partial charge is 0.0370 e. The van der Waals surface area contributed by atoms with E-state index < -0.39 is 0 Å². The standard InChI is InChI=1S/C15H25N3/c1-10-11(8-9-18(4)15(10,2)3)14-12(16)6-5-7-13(14)17/h5-7,10-11H,8-9,16-17H2,1-4H3. The van der Waals surface area contributed by atoms with Crippen molar-refractivity contribution in [1.82, 2.24) is 4.90 Å². The first-order valence-electron chi connectivity index (χ1n) is 6.70. The molecule has 3 nitrogen and oxygen atoms in total. The van der Waals surface area contributed by atoms with E-state index in [2.05, 4.69) is 32.7 Å². The summed E-state index contributed by atoms with van der Waals surface area (Å²) in [5.74, 6) is 0.987. The van der Waals surface area contributed by atoms with Gasteiger partial charge in [-0.2, -0.15) is 0 Å². The molecule has 100 valence electrons. The zero-order chi connectivity index (χ0) is 13.5. The molecule has 1 aromatic carbocycles. The van der Waals surface area contributed by atoms with Crippen LogP contribution >= 0.6 is 0 Å². The van der Waals surface area contributed by atoms with Crippen LogP contribution in [0.2, 0.25) is 0 Å². The van der Waals surface area contributed by atoms with E-state index in [0.29, 0.717) is 11.8 Å². The first-order chi connectivity index (χ1) is 8.35. The molecule has 0 radical (unpaired) electrons. The average Bonchev–Trinajstić information content (AvgIpc) is 2.29. The summed E-state index contributed by atoms with van der Waals surface area (Å²) in [6.07, 6.45) is 1.12. The Labute approximate surface area is 110 Å². The van der Waals surface area contributed by atoms with Gasteiger partial charge in [-0.3, -0.25) is 0 Å². The number of anilines is 2. The Hall–Kier alpha value is -1.22. The number of nitrogens with zero attached hydrogens (tertiary/aromatic N) is 1. The minimum atomic E-state index is 0.178. The second-order valence-corrected chi connectivity index (χ2v) is 6.11. The minimum Gasteiger partial charge on any atom is -0.398 e. The molecule has 0 amide bonds. The summed E-state index contributed by atoms with van der Waals surface area (Å²) in [4.78, 5) is 2.43. The lowest BCUT2D eigenvalue weighted by Gasteiger charge is -2.49. The highest BCUT2D eigenvalue weighted by atomic mass is 15.2. The van der Waals surface area contributed by atoms with Crippen LogP contribution in [0.25, 0.3) is 0 Å². The van der Waals surface area contributed by atoms with Crippen molar-refractivity contribution in [2.75, 3.05) is 25.1 Å². The Morgan fingerprint density at radius 3 is 2.33 bits per heavy atom. The van der Waals surface area contributed by atoms with Gasteiger partial charge in [0.15, 0.2) is 0 Å². The van der Waals surface area contributed by atoms with Gasteiger partial charge in [0.1, 0.15) is 0 Å². The van der Waals surface area contributed by atoms with Crippen molar-refractivity contribution < 1.29 is 0 Å². The highest BCUT2D eigenvalue weighted by Gasteiger charge is 2.41. The summed E-state index contributed by atoms with van der Waals surface area (Å²) < 4.78 is 0. The van der Waals surface area contributed by atoms with Crippen molar-refractivity contribution in [2.24, 2.45) is 5.92 Å². The van der Waals surface area contributed by atoms with Crippen LogP contribution in [0, 0.1) is 5.92 Å². The third kappa shape index (κ3) is 1.97. The largest absolute Gasteiger partial charge is 0.398 e. The number of hydrogen-bond acceptors (Lipinski definition) is 3. The maximum atomic E-state index is 6.14. The third-order valence-electron chi connectivity index (χ3n) is 5.02. The van der Waals surface area contributed by atoms with Crippen molar-refractivity contribution in [3.05, 3.63) is 23.8 Å². The molecule has 1 heterocycles. The quantitative estimate of drug-likeness (QED) is 0.750. The lowest BCUT2D eigenvalue weighted by Crippen LogP contribution is -2.52. The number of nitrogens with two attached hydrogens (primary N) is 2. The predicted octanol–water partition coefficient (Wildman–Crippen LogP) is 2.68. The van der Waals surface area contributed by atoms with E-state index in [9.17, 15) is 0 Å². The highest BCUT2D eigenvalue weighted by Crippen LogP contribution is 2.45. The van der Waals surface area contributed by atoms with Gasteiger partial charge in [0, 0.05) is 22.5 Å². The molecule has 1 saturated heterocycles. The minimum absolute atomic E-state index is 0.178. The number of piperidine rings is 1. The molecule has 2 atom stereocenters. The van der Waals surface area contributed by atoms with Crippen LogP contribution in [0.3, 0.4) is 0 Å². The summed E-state index contributed by atoms with van der Waals surface area (Å²) >= 11 is 0. The third-order valence-corrected chi connectivity index (χ3v) is 5.02. The molecule has 1 aliphatic rings. The number of nitrogen functional groups attached to an aromatic ring is 2. The molecular formula is C15H25N3. The summed E-state index contributed by atoms with van der Waals surface area (Å²) in [6, 6.07) is 5.85. The second kappa shape index (κ2) is 4.47. The van der Waals surface area contributed by atoms with Crippen molar-refractivity contribution in [3.8, 4) is 0 Å². The van der Waals surface area contributed by atoms with E-state index >= 15 is 0 Å². The summed E-state index contributed by atoms with van der Waals surface area (Å²) in [5, 5.41) is 0. The molecule has 0 aromatic heterocycles. The topological polar surface area (TPSA) is 55.3 Å². The lowest BCUT2D eigenvalue weighted by molar-refractivity contribution is 0.0389. The zero-order valence-electron chi connectivity index (χ0n) is 11.9. The molecule has 3 heteroatoms. The Bertz CT molecular complexity index is 419. The number of likely N-dealkylation sites (tertiary alicyclic amines) is 1. The molecule has 2 unspecified atom stereocenters. The highest BCUT2D eigenvalue weighted by molar-refractivity contribution is 5.63. The molecule has 18 heavy (non-hydrogen) atoms. The van der Waals surface area contributed by atoms with Gasteiger partial charge in [-0.1, -0.05) is 13.0 Å². The summed E-state index contributed by atoms with van der Waals surface area (Å²) in [7, 11) is 2.20. The molecule has 4 N–H and O–H groups in total. The molecule has 0 bridgehead atoms. The molecule has 1 fully saturated rings. The lowest BCUT2D eigenvalue weighted by atomic mass is 9.70. The average molecular weight is 247 g/mol. The van der Waals surface area contributed by atoms with Crippen LogP contribution in [-0.4, -0.2) is 24.0 Å². The Morgan fingerprint density at radius 2 is 1.78 bits per heavy atom. The first kappa shape index (κ1) is 13.2. The molecule has 0 saturated carbocycles. The van der Waals surface area contributed by atoms with Gasteiger partial charge in [-0.15, -0.1) is 0 Å². The van der Waals surface area contributed by atoms with E-state index in [-0.39, 0.29) is 5.54 Å². The van der Waals surface area contributed by atoms with E-state index in [4.69, 9.17) is 11.5 Å². The normalized spacial score (nSPS) is 28.2. The number of benzene rings is 1. The van der Waals surface area contributed by atoms with Crippen molar-refractivity contribution in [1.29, 1.82) is 0 Å². The van der Waals surface area contributed by atoms with Gasteiger partial charge < -0.3 is 16.4 Å². The van der Waals surface area contributed by atoms with E-state index in [1.807, 2.05) is 18.2 Å². The Kier molecular flexibility index (Phi) is 3.28. The van der Waals surface area contributed by atoms with Gasteiger partial charge >= 0.3 is 0 Å². The van der Waals surface area contributed by atoms with Crippen molar-refractivity contribution >= 4 is 11.4 Å². The molecular weight excluding hydrogens is 222 g/mol. The van der Waals surface area contributed by atoms with Crippen LogP contribution in [0.1, 0.15) is 38.7 Å². The molecule has 1 aromatic rings. The van der Waals surface area contributed by atoms with Gasteiger partial charge in [-0.05, 0) is 57.8 Å². The van der Waals surface area contributed by atoms with E-state index in [1.54, 1.807) is 0 Å². The number of hydrogen-bond donors (Lipinski definition) is 2. The van der Waals surface area contributed by atoms with Gasteiger partial charge in [0.2, 0.25) is 0 Å². The first-order valence-corrected chi connectivity index (χ1v) is 6.70. The second-order valence-electron chi connectivity index (χ2n) is 6.11. The summed E-state index contributed by atoms with van der Waals surface area (Å²) in [6.45, 7) is 8.01. The molecule has 0 aliphatic carbocycles. The van der Waals surface area contributed by atoms with Gasteiger partial charge in [0.25, 0.3) is 0 Å². The fourth-order valence-corrected chi connectivity index (χ4v) is 3.14. The Morgan fingerprint density at radius 1 is 1.22 bits per heavy atom.